The van der Waals surface area contributed by atoms with Gasteiger partial charge in [-0.05, 0) is 38.2 Å². The summed E-state index contributed by atoms with van der Waals surface area (Å²) in [5, 5.41) is 0.0877. The van der Waals surface area contributed by atoms with Gasteiger partial charge in [-0.25, -0.2) is 17.8 Å². The number of rotatable bonds is 8. The van der Waals surface area contributed by atoms with Crippen molar-refractivity contribution in [3.63, 3.8) is 0 Å². The highest BCUT2D eigenvalue weighted by Gasteiger charge is 2.40. The summed E-state index contributed by atoms with van der Waals surface area (Å²) in [4.78, 5) is 6.81. The molecule has 1 fully saturated rings. The Bertz CT molecular complexity index is 1060. The van der Waals surface area contributed by atoms with Crippen LogP contribution in [-0.4, -0.2) is 64.2 Å². The van der Waals surface area contributed by atoms with Gasteiger partial charge < -0.3 is 14.5 Å². The molecule has 0 aliphatic carbocycles. The molecule has 3 rings (SSSR count). The van der Waals surface area contributed by atoms with Crippen LogP contribution in [0.2, 0.25) is 5.02 Å². The fourth-order valence-electron chi connectivity index (χ4n) is 3.64. The van der Waals surface area contributed by atoms with Crippen molar-refractivity contribution < 1.29 is 21.9 Å². The highest BCUT2D eigenvalue weighted by Crippen LogP contribution is 2.36. The van der Waals surface area contributed by atoms with Crippen LogP contribution in [0, 0.1) is 11.8 Å². The van der Waals surface area contributed by atoms with E-state index < -0.39 is 32.3 Å². The van der Waals surface area contributed by atoms with Gasteiger partial charge in [0.25, 0.3) is 10.0 Å². The van der Waals surface area contributed by atoms with Gasteiger partial charge >= 0.3 is 0 Å². The van der Waals surface area contributed by atoms with Crippen LogP contribution >= 0.6 is 11.6 Å². The van der Waals surface area contributed by atoms with Crippen molar-refractivity contribution in [3.05, 3.63) is 47.1 Å². The molecule has 2 heterocycles. The minimum atomic E-state index is -4.36. The van der Waals surface area contributed by atoms with Crippen LogP contribution in [0.3, 0.4) is 0 Å². The highest BCUT2D eigenvalue weighted by atomic mass is 35.5. The van der Waals surface area contributed by atoms with Gasteiger partial charge in [-0.2, -0.15) is 4.39 Å². The molecule has 1 N–H and O–H groups in total. The fraction of sp³-hybridized carbons (Fsp3) is 0.450. The first-order chi connectivity index (χ1) is 14.6. The van der Waals surface area contributed by atoms with E-state index in [2.05, 4.69) is 21.5 Å². The molecule has 11 heteroatoms. The molecular formula is C20H25ClF2N4O3S. The number of aromatic nitrogens is 1. The second kappa shape index (κ2) is 9.23. The van der Waals surface area contributed by atoms with E-state index in [1.807, 2.05) is 11.9 Å². The zero-order valence-electron chi connectivity index (χ0n) is 17.5. The quantitative estimate of drug-likeness (QED) is 0.591. The van der Waals surface area contributed by atoms with Gasteiger partial charge in [0.05, 0.1) is 16.3 Å². The molecule has 0 amide bonds. The van der Waals surface area contributed by atoms with Crippen molar-refractivity contribution in [2.45, 2.75) is 23.8 Å². The van der Waals surface area contributed by atoms with Gasteiger partial charge in [0, 0.05) is 32.8 Å². The van der Waals surface area contributed by atoms with Crippen molar-refractivity contribution in [2.24, 2.45) is 0 Å². The molecule has 2 aromatic rings. The number of ether oxygens (including phenoxy) is 1. The lowest BCUT2D eigenvalue weighted by Gasteiger charge is -2.32. The molecule has 0 saturated carbocycles. The minimum absolute atomic E-state index is 0.0877. The monoisotopic (exact) mass is 474 g/mol. The van der Waals surface area contributed by atoms with Crippen LogP contribution < -0.4 is 9.62 Å². The van der Waals surface area contributed by atoms with Crippen LogP contribution in [0.4, 0.5) is 20.3 Å². The Kier molecular flexibility index (Phi) is 7.04. The average Bonchev–Trinajstić information content (AvgIpc) is 3.13. The maximum absolute atomic E-state index is 14.9. The predicted molar refractivity (Wildman–Crippen MR) is 116 cm³/mol. The number of methoxy groups -OCH3 is 1. The SMILES string of the molecule is CCN(C)C[C@]1(OC)CCN(c2cc(F)c(S(=O)(=O)Nc3cccc(F)n3)cc2Cl)C1. The van der Waals surface area contributed by atoms with Gasteiger partial charge in [0.1, 0.15) is 16.5 Å². The second-order valence-electron chi connectivity index (χ2n) is 7.57. The van der Waals surface area contributed by atoms with Crippen molar-refractivity contribution in [1.29, 1.82) is 0 Å². The van der Waals surface area contributed by atoms with Gasteiger partial charge in [0.2, 0.25) is 5.95 Å². The van der Waals surface area contributed by atoms with Crippen molar-refractivity contribution >= 4 is 33.1 Å². The summed E-state index contributed by atoms with van der Waals surface area (Å²) in [5.41, 5.74) is -0.0417. The molecular weight excluding hydrogens is 450 g/mol. The Hall–Kier alpha value is -2.01. The number of hydrogen-bond acceptors (Lipinski definition) is 6. The lowest BCUT2D eigenvalue weighted by Crippen LogP contribution is -2.45. The van der Waals surface area contributed by atoms with E-state index in [0.717, 1.165) is 31.2 Å². The van der Waals surface area contributed by atoms with Crippen LogP contribution in [-0.2, 0) is 14.8 Å². The summed E-state index contributed by atoms with van der Waals surface area (Å²) in [6.45, 7) is 4.69. The number of sulfonamides is 1. The Balaban J connectivity index is 1.85. The average molecular weight is 475 g/mol. The summed E-state index contributed by atoms with van der Waals surface area (Å²) in [5.74, 6) is -2.09. The minimum Gasteiger partial charge on any atom is -0.375 e. The van der Waals surface area contributed by atoms with Crippen molar-refractivity contribution in [3.8, 4) is 0 Å². The molecule has 170 valence electrons. The van der Waals surface area contributed by atoms with Crippen LogP contribution in [0.1, 0.15) is 13.3 Å². The molecule has 1 atom stereocenters. The first kappa shape index (κ1) is 23.6. The standard InChI is InChI=1S/C20H25ClF2N4O3S/c1-4-26(2)12-20(30-3)8-9-27(13-20)16-11-15(22)17(10-14(16)21)31(28,29)25-19-7-5-6-18(23)24-19/h5-7,10-11H,4,8-9,12-13H2,1-3H3,(H,24,25)/t20-/m1/s1. The maximum atomic E-state index is 14.9. The summed E-state index contributed by atoms with van der Waals surface area (Å²) in [7, 11) is -0.713. The number of nitrogens with zero attached hydrogens (tertiary/aromatic N) is 3. The van der Waals surface area contributed by atoms with E-state index in [4.69, 9.17) is 16.3 Å². The van der Waals surface area contributed by atoms with Gasteiger partial charge in [-0.1, -0.05) is 24.6 Å². The van der Waals surface area contributed by atoms with E-state index in [9.17, 15) is 17.2 Å². The molecule has 0 bridgehead atoms. The normalized spacial score (nSPS) is 19.3. The number of pyridine rings is 1. The Morgan fingerprint density at radius 1 is 1.35 bits per heavy atom. The number of anilines is 2. The lowest BCUT2D eigenvalue weighted by molar-refractivity contribution is -0.0136. The number of benzene rings is 1. The van der Waals surface area contributed by atoms with Gasteiger partial charge in [-0.15, -0.1) is 0 Å². The molecule has 1 aromatic heterocycles. The summed E-state index contributed by atoms with van der Waals surface area (Å²) in [6, 6.07) is 5.77. The molecule has 1 aliphatic heterocycles. The Morgan fingerprint density at radius 3 is 2.74 bits per heavy atom. The first-order valence-corrected chi connectivity index (χ1v) is 11.6. The van der Waals surface area contributed by atoms with Crippen LogP contribution in [0.15, 0.2) is 35.2 Å². The topological polar surface area (TPSA) is 74.8 Å². The lowest BCUT2D eigenvalue weighted by atomic mass is 10.0. The third-order valence-corrected chi connectivity index (χ3v) is 7.11. The Morgan fingerprint density at radius 2 is 2.10 bits per heavy atom. The summed E-state index contributed by atoms with van der Waals surface area (Å²) >= 11 is 6.36. The van der Waals surface area contributed by atoms with Crippen molar-refractivity contribution in [1.82, 2.24) is 9.88 Å². The predicted octanol–water partition coefficient (Wildman–Crippen LogP) is 3.36. The number of halogens is 3. The molecule has 7 nitrogen and oxygen atoms in total. The molecule has 1 aliphatic rings. The smallest absolute Gasteiger partial charge is 0.266 e. The molecule has 0 spiro atoms. The molecule has 1 saturated heterocycles. The van der Waals surface area contributed by atoms with E-state index in [1.165, 1.54) is 12.1 Å². The van der Waals surface area contributed by atoms with Crippen LogP contribution in [0.25, 0.3) is 0 Å². The summed E-state index contributed by atoms with van der Waals surface area (Å²) in [6.07, 6.45) is 0.721. The van der Waals surface area contributed by atoms with Crippen molar-refractivity contribution in [2.75, 3.05) is 50.0 Å². The maximum Gasteiger partial charge on any atom is 0.266 e. The third kappa shape index (κ3) is 5.25. The van der Waals surface area contributed by atoms with E-state index >= 15 is 0 Å². The molecule has 0 unspecified atom stereocenters. The zero-order chi connectivity index (χ0) is 22.8. The van der Waals surface area contributed by atoms with Gasteiger partial charge in [-0.3, -0.25) is 4.72 Å². The largest absolute Gasteiger partial charge is 0.375 e. The van der Waals surface area contributed by atoms with E-state index in [0.29, 0.717) is 25.3 Å². The van der Waals surface area contributed by atoms with Crippen LogP contribution in [0.5, 0.6) is 0 Å². The molecule has 31 heavy (non-hydrogen) atoms. The molecule has 1 aromatic carbocycles. The summed E-state index contributed by atoms with van der Waals surface area (Å²) < 4.78 is 61.2. The molecule has 0 radical (unpaired) electrons. The number of nitrogens with one attached hydrogen (secondary N) is 1. The van der Waals surface area contributed by atoms with Gasteiger partial charge in [0.15, 0.2) is 0 Å². The third-order valence-electron chi connectivity index (χ3n) is 5.43. The van der Waals surface area contributed by atoms with E-state index in [-0.39, 0.29) is 10.8 Å². The first-order valence-electron chi connectivity index (χ1n) is 9.72. The zero-order valence-corrected chi connectivity index (χ0v) is 19.1. The Labute approximate surface area is 186 Å². The number of likely N-dealkylation sites (N-methyl/N-ethyl adjacent to an activating group) is 1. The highest BCUT2D eigenvalue weighted by molar-refractivity contribution is 7.92. The van der Waals surface area contributed by atoms with E-state index in [1.54, 1.807) is 7.11 Å². The number of hydrogen-bond donors (Lipinski definition) is 1. The fourth-order valence-corrected chi connectivity index (χ4v) is 5.07. The second-order valence-corrected chi connectivity index (χ2v) is 9.63.